The van der Waals surface area contributed by atoms with E-state index in [0.29, 0.717) is 5.92 Å². The van der Waals surface area contributed by atoms with Crippen molar-refractivity contribution >= 4 is 5.97 Å². The molecule has 0 spiro atoms. The Morgan fingerprint density at radius 2 is 1.87 bits per heavy atom. The zero-order chi connectivity index (χ0) is 10.9. The van der Waals surface area contributed by atoms with E-state index in [1.165, 1.54) is 25.3 Å². The van der Waals surface area contributed by atoms with E-state index in [9.17, 15) is 4.79 Å². The molecule has 0 aromatic carbocycles. The SMILES string of the molecule is CC1(C)OC(=O)C=C(C2CCCCC2)O1. The molecule has 3 nitrogen and oxygen atoms in total. The maximum atomic E-state index is 11.4. The maximum Gasteiger partial charge on any atom is 0.337 e. The van der Waals surface area contributed by atoms with E-state index >= 15 is 0 Å². The van der Waals surface area contributed by atoms with Gasteiger partial charge in [-0.2, -0.15) is 0 Å². The number of allylic oxidation sites excluding steroid dienone is 1. The van der Waals surface area contributed by atoms with E-state index < -0.39 is 5.79 Å². The number of carbonyl (C=O) groups excluding carboxylic acids is 1. The molecular formula is C12H18O3. The van der Waals surface area contributed by atoms with Crippen molar-refractivity contribution in [2.75, 3.05) is 0 Å². The lowest BCUT2D eigenvalue weighted by Gasteiger charge is -2.34. The van der Waals surface area contributed by atoms with Crippen LogP contribution in [0.3, 0.4) is 0 Å². The fourth-order valence-electron chi connectivity index (χ4n) is 2.31. The summed E-state index contributed by atoms with van der Waals surface area (Å²) in [5.41, 5.74) is 0. The summed E-state index contributed by atoms with van der Waals surface area (Å²) in [7, 11) is 0. The lowest BCUT2D eigenvalue weighted by Crippen LogP contribution is -2.36. The van der Waals surface area contributed by atoms with Crippen LogP contribution in [0.15, 0.2) is 11.8 Å². The molecule has 3 heteroatoms. The molecule has 1 aliphatic carbocycles. The van der Waals surface area contributed by atoms with Crippen LogP contribution in [0.1, 0.15) is 46.0 Å². The van der Waals surface area contributed by atoms with Crippen LogP contribution in [-0.4, -0.2) is 11.8 Å². The van der Waals surface area contributed by atoms with Crippen LogP contribution in [0.5, 0.6) is 0 Å². The fraction of sp³-hybridized carbons (Fsp3) is 0.750. The summed E-state index contributed by atoms with van der Waals surface area (Å²) in [5.74, 6) is 0.187. The molecule has 84 valence electrons. The average Bonchev–Trinajstić information content (AvgIpc) is 2.16. The van der Waals surface area contributed by atoms with Gasteiger partial charge in [-0.25, -0.2) is 4.79 Å². The molecular weight excluding hydrogens is 192 g/mol. The van der Waals surface area contributed by atoms with Crippen molar-refractivity contribution < 1.29 is 14.3 Å². The molecule has 0 aromatic rings. The zero-order valence-electron chi connectivity index (χ0n) is 9.41. The van der Waals surface area contributed by atoms with Gasteiger partial charge in [0.05, 0.1) is 6.08 Å². The van der Waals surface area contributed by atoms with Crippen molar-refractivity contribution in [1.82, 2.24) is 0 Å². The fourth-order valence-corrected chi connectivity index (χ4v) is 2.31. The van der Waals surface area contributed by atoms with Gasteiger partial charge in [0, 0.05) is 19.8 Å². The minimum atomic E-state index is -0.793. The van der Waals surface area contributed by atoms with Crippen molar-refractivity contribution in [3.05, 3.63) is 11.8 Å². The van der Waals surface area contributed by atoms with E-state index in [2.05, 4.69) is 0 Å². The highest BCUT2D eigenvalue weighted by Gasteiger charge is 2.33. The molecule has 1 saturated carbocycles. The molecule has 1 fully saturated rings. The zero-order valence-corrected chi connectivity index (χ0v) is 9.41. The van der Waals surface area contributed by atoms with E-state index in [1.54, 1.807) is 13.8 Å². The standard InChI is InChI=1S/C12H18O3/c1-12(2)14-10(8-11(13)15-12)9-6-4-3-5-7-9/h8-9H,3-7H2,1-2H3. The Balaban J connectivity index is 2.10. The third-order valence-corrected chi connectivity index (χ3v) is 2.98. The predicted octanol–water partition coefficient (Wildman–Crippen LogP) is 2.76. The Labute approximate surface area is 90.4 Å². The number of carbonyl (C=O) groups is 1. The topological polar surface area (TPSA) is 35.5 Å². The lowest BCUT2D eigenvalue weighted by molar-refractivity contribution is -0.208. The van der Waals surface area contributed by atoms with Gasteiger partial charge in [-0.1, -0.05) is 19.3 Å². The van der Waals surface area contributed by atoms with E-state index in [4.69, 9.17) is 9.47 Å². The minimum Gasteiger partial charge on any atom is -0.457 e. The summed E-state index contributed by atoms with van der Waals surface area (Å²) in [4.78, 5) is 11.4. The van der Waals surface area contributed by atoms with Crippen molar-refractivity contribution in [1.29, 1.82) is 0 Å². The number of hydrogen-bond donors (Lipinski definition) is 0. The number of ether oxygens (including phenoxy) is 2. The van der Waals surface area contributed by atoms with E-state index in [0.717, 1.165) is 18.6 Å². The average molecular weight is 210 g/mol. The molecule has 0 radical (unpaired) electrons. The molecule has 1 aliphatic heterocycles. The normalized spacial score (nSPS) is 26.5. The van der Waals surface area contributed by atoms with Crippen molar-refractivity contribution in [3.63, 3.8) is 0 Å². The Morgan fingerprint density at radius 1 is 1.20 bits per heavy atom. The number of hydrogen-bond acceptors (Lipinski definition) is 3. The minimum absolute atomic E-state index is 0.271. The van der Waals surface area contributed by atoms with E-state index in [-0.39, 0.29) is 5.97 Å². The number of esters is 1. The first-order valence-corrected chi connectivity index (χ1v) is 5.70. The molecule has 2 rings (SSSR count). The van der Waals surface area contributed by atoms with Gasteiger partial charge in [0.1, 0.15) is 5.76 Å². The van der Waals surface area contributed by atoms with Crippen molar-refractivity contribution in [3.8, 4) is 0 Å². The number of rotatable bonds is 1. The van der Waals surface area contributed by atoms with Crippen LogP contribution < -0.4 is 0 Å². The van der Waals surface area contributed by atoms with Gasteiger partial charge in [0.25, 0.3) is 0 Å². The first-order chi connectivity index (χ1) is 7.07. The van der Waals surface area contributed by atoms with E-state index in [1.807, 2.05) is 0 Å². The van der Waals surface area contributed by atoms with Gasteiger partial charge in [0.15, 0.2) is 0 Å². The third-order valence-electron chi connectivity index (χ3n) is 2.98. The van der Waals surface area contributed by atoms with Crippen molar-refractivity contribution in [2.45, 2.75) is 51.7 Å². The van der Waals surface area contributed by atoms with Crippen LogP contribution in [0.4, 0.5) is 0 Å². The number of cyclic esters (lactones) is 1. The van der Waals surface area contributed by atoms with Gasteiger partial charge in [0.2, 0.25) is 5.79 Å². The summed E-state index contributed by atoms with van der Waals surface area (Å²) in [6.07, 6.45) is 7.56. The smallest absolute Gasteiger partial charge is 0.337 e. The van der Waals surface area contributed by atoms with Crippen LogP contribution in [0, 0.1) is 5.92 Å². The molecule has 0 amide bonds. The highest BCUT2D eigenvalue weighted by Crippen LogP contribution is 2.34. The molecule has 0 unspecified atom stereocenters. The van der Waals surface area contributed by atoms with Gasteiger partial charge in [-0.15, -0.1) is 0 Å². The Hall–Kier alpha value is -0.990. The van der Waals surface area contributed by atoms with Crippen molar-refractivity contribution in [2.24, 2.45) is 5.92 Å². The quantitative estimate of drug-likeness (QED) is 0.624. The van der Waals surface area contributed by atoms with Crippen LogP contribution in [-0.2, 0) is 14.3 Å². The van der Waals surface area contributed by atoms with Gasteiger partial charge < -0.3 is 9.47 Å². The van der Waals surface area contributed by atoms with Gasteiger partial charge in [-0.05, 0) is 12.8 Å². The first kappa shape index (κ1) is 10.5. The third kappa shape index (κ3) is 2.52. The highest BCUT2D eigenvalue weighted by molar-refractivity contribution is 5.83. The predicted molar refractivity (Wildman–Crippen MR) is 55.9 cm³/mol. The second-order valence-corrected chi connectivity index (χ2v) is 4.80. The van der Waals surface area contributed by atoms with Gasteiger partial charge >= 0.3 is 5.97 Å². The molecule has 0 aromatic heterocycles. The molecule has 0 atom stereocenters. The molecule has 0 bridgehead atoms. The Bertz CT molecular complexity index is 285. The highest BCUT2D eigenvalue weighted by atomic mass is 16.7. The summed E-state index contributed by atoms with van der Waals surface area (Å²) in [6.45, 7) is 3.56. The second-order valence-electron chi connectivity index (χ2n) is 4.80. The summed E-state index contributed by atoms with van der Waals surface area (Å²) in [6, 6.07) is 0. The maximum absolute atomic E-state index is 11.4. The summed E-state index contributed by atoms with van der Waals surface area (Å²) < 4.78 is 10.8. The van der Waals surface area contributed by atoms with Gasteiger partial charge in [-0.3, -0.25) is 0 Å². The summed E-state index contributed by atoms with van der Waals surface area (Å²) in [5, 5.41) is 0. The molecule has 0 saturated heterocycles. The first-order valence-electron chi connectivity index (χ1n) is 5.70. The van der Waals surface area contributed by atoms with Crippen LogP contribution >= 0.6 is 0 Å². The largest absolute Gasteiger partial charge is 0.457 e. The second kappa shape index (κ2) is 3.87. The van der Waals surface area contributed by atoms with Crippen LogP contribution in [0.25, 0.3) is 0 Å². The lowest BCUT2D eigenvalue weighted by atomic mass is 9.87. The molecule has 0 N–H and O–H groups in total. The molecule has 1 heterocycles. The monoisotopic (exact) mass is 210 g/mol. The molecule has 2 aliphatic rings. The Kier molecular flexibility index (Phi) is 2.72. The summed E-state index contributed by atoms with van der Waals surface area (Å²) >= 11 is 0. The molecule has 15 heavy (non-hydrogen) atoms. The Morgan fingerprint density at radius 3 is 2.47 bits per heavy atom. The van der Waals surface area contributed by atoms with Crippen LogP contribution in [0.2, 0.25) is 0 Å².